The maximum Gasteiger partial charge on any atom is 0.193 e. The molecule has 0 saturated carbocycles. The molecule has 5 heteroatoms. The van der Waals surface area contributed by atoms with Crippen molar-refractivity contribution in [1.82, 2.24) is 0 Å². The molecule has 2 heterocycles. The highest BCUT2D eigenvalue weighted by Crippen LogP contribution is 2.31. The quantitative estimate of drug-likeness (QED) is 0.699. The fourth-order valence-corrected chi connectivity index (χ4v) is 2.12. The third kappa shape index (κ3) is 1.49. The average Bonchev–Trinajstić information content (AvgIpc) is 2.85. The monoisotopic (exact) mass is 206 g/mol. The van der Waals surface area contributed by atoms with Gasteiger partial charge >= 0.3 is 0 Å². The minimum atomic E-state index is -0.394. The van der Waals surface area contributed by atoms with E-state index >= 15 is 0 Å². The summed E-state index contributed by atoms with van der Waals surface area (Å²) in [5.74, 6) is 0. The van der Waals surface area contributed by atoms with Gasteiger partial charge in [0.25, 0.3) is 0 Å². The number of nitrogens with zero attached hydrogens (tertiary/aromatic N) is 2. The molecule has 0 bridgehead atoms. The van der Waals surface area contributed by atoms with Gasteiger partial charge in [-0.05, 0) is 6.07 Å². The van der Waals surface area contributed by atoms with Gasteiger partial charge in [-0.15, -0.1) is 11.3 Å². The largest absolute Gasteiger partial charge is 0.345 e. The van der Waals surface area contributed by atoms with Crippen molar-refractivity contribution in [2.75, 3.05) is 13.2 Å². The van der Waals surface area contributed by atoms with E-state index in [9.17, 15) is 0 Å². The second kappa shape index (κ2) is 3.77. The molecule has 1 fully saturated rings. The first-order valence-corrected chi connectivity index (χ1v) is 4.84. The Morgan fingerprint density at radius 3 is 2.50 bits per heavy atom. The van der Waals surface area contributed by atoms with Crippen LogP contribution >= 0.6 is 11.3 Å². The predicted octanol–water partition coefficient (Wildman–Crippen LogP) is 1.54. The molecule has 0 unspecified atom stereocenters. The summed E-state index contributed by atoms with van der Waals surface area (Å²) in [5.41, 5.74) is 0.395. The maximum absolute atomic E-state index is 8.73. The van der Waals surface area contributed by atoms with Crippen LogP contribution in [0.3, 0.4) is 0 Å². The van der Waals surface area contributed by atoms with Gasteiger partial charge in [0.2, 0.25) is 0 Å². The van der Waals surface area contributed by atoms with Gasteiger partial charge < -0.3 is 9.47 Å². The topological polar surface area (TPSA) is 66.0 Å². The number of ether oxygens (including phenoxy) is 2. The lowest BCUT2D eigenvalue weighted by atomic mass is 10.2. The molecule has 1 aliphatic rings. The molecule has 1 aliphatic heterocycles. The average molecular weight is 206 g/mol. The van der Waals surface area contributed by atoms with Crippen LogP contribution in [-0.4, -0.2) is 13.2 Å². The van der Waals surface area contributed by atoms with Crippen molar-refractivity contribution in [3.05, 3.63) is 21.4 Å². The summed E-state index contributed by atoms with van der Waals surface area (Å²) >= 11 is 1.25. The maximum atomic E-state index is 8.73. The minimum Gasteiger partial charge on any atom is -0.345 e. The van der Waals surface area contributed by atoms with Crippen molar-refractivity contribution < 1.29 is 9.47 Å². The van der Waals surface area contributed by atoms with Crippen LogP contribution in [0.2, 0.25) is 0 Å². The van der Waals surface area contributed by atoms with Gasteiger partial charge in [-0.2, -0.15) is 10.5 Å². The minimum absolute atomic E-state index is 0.394. The molecule has 0 aliphatic carbocycles. The Balaban J connectivity index is 2.32. The van der Waals surface area contributed by atoms with E-state index < -0.39 is 6.29 Å². The van der Waals surface area contributed by atoms with Crippen LogP contribution in [-0.2, 0) is 9.47 Å². The van der Waals surface area contributed by atoms with E-state index in [2.05, 4.69) is 0 Å². The molecule has 2 rings (SSSR count). The first-order chi connectivity index (χ1) is 6.85. The summed E-state index contributed by atoms with van der Waals surface area (Å²) < 4.78 is 10.5. The van der Waals surface area contributed by atoms with E-state index in [-0.39, 0.29) is 0 Å². The summed E-state index contributed by atoms with van der Waals surface area (Å²) in [6, 6.07) is 5.59. The zero-order valence-electron chi connectivity index (χ0n) is 7.19. The molecule has 1 saturated heterocycles. The Morgan fingerprint density at radius 2 is 2.00 bits per heavy atom. The second-order valence-electron chi connectivity index (χ2n) is 2.69. The Bertz CT molecular complexity index is 390. The van der Waals surface area contributed by atoms with Gasteiger partial charge in [-0.25, -0.2) is 0 Å². The Kier molecular flexibility index (Phi) is 2.47. The molecule has 0 N–H and O–H groups in total. The van der Waals surface area contributed by atoms with Crippen LogP contribution in [0, 0.1) is 22.7 Å². The van der Waals surface area contributed by atoms with E-state index in [1.807, 2.05) is 12.1 Å². The summed E-state index contributed by atoms with van der Waals surface area (Å²) in [4.78, 5) is 1.21. The molecule has 0 amide bonds. The highest BCUT2D eigenvalue weighted by Gasteiger charge is 2.22. The molecule has 1 aromatic heterocycles. The highest BCUT2D eigenvalue weighted by molar-refractivity contribution is 7.12. The Labute approximate surface area is 84.9 Å². The first kappa shape index (κ1) is 9.17. The molecule has 0 aromatic carbocycles. The molecule has 4 nitrogen and oxygen atoms in total. The summed E-state index contributed by atoms with van der Waals surface area (Å²) in [5, 5.41) is 17.5. The lowest BCUT2D eigenvalue weighted by Crippen LogP contribution is -1.93. The van der Waals surface area contributed by atoms with Gasteiger partial charge in [-0.3, -0.25) is 0 Å². The van der Waals surface area contributed by atoms with Crippen molar-refractivity contribution in [2.45, 2.75) is 6.29 Å². The van der Waals surface area contributed by atoms with Crippen molar-refractivity contribution in [3.63, 3.8) is 0 Å². The zero-order valence-corrected chi connectivity index (χ0v) is 8.00. The molecule has 0 spiro atoms. The molecule has 0 atom stereocenters. The smallest absolute Gasteiger partial charge is 0.193 e. The summed E-state index contributed by atoms with van der Waals surface area (Å²) in [6.45, 7) is 1.12. The van der Waals surface area contributed by atoms with E-state index in [4.69, 9.17) is 20.0 Å². The number of rotatable bonds is 1. The van der Waals surface area contributed by atoms with Crippen LogP contribution in [0.25, 0.3) is 0 Å². The zero-order chi connectivity index (χ0) is 9.97. The summed E-state index contributed by atoms with van der Waals surface area (Å²) in [7, 11) is 0. The highest BCUT2D eigenvalue weighted by atomic mass is 32.1. The second-order valence-corrected chi connectivity index (χ2v) is 3.77. The fraction of sp³-hybridized carbons (Fsp3) is 0.333. The predicted molar refractivity (Wildman–Crippen MR) is 48.4 cm³/mol. The van der Waals surface area contributed by atoms with E-state index in [1.54, 1.807) is 6.07 Å². The van der Waals surface area contributed by atoms with Gasteiger partial charge in [-0.1, -0.05) is 0 Å². The number of hydrogen-bond acceptors (Lipinski definition) is 5. The Hall–Kier alpha value is -1.40. The van der Waals surface area contributed by atoms with Gasteiger partial charge in [0.1, 0.15) is 17.0 Å². The van der Waals surface area contributed by atoms with E-state index in [0.717, 1.165) is 4.88 Å². The third-order valence-electron chi connectivity index (χ3n) is 1.83. The lowest BCUT2D eigenvalue weighted by Gasteiger charge is -2.03. The van der Waals surface area contributed by atoms with Crippen LogP contribution < -0.4 is 0 Å². The van der Waals surface area contributed by atoms with Crippen molar-refractivity contribution in [3.8, 4) is 12.1 Å². The van der Waals surface area contributed by atoms with E-state index in [0.29, 0.717) is 23.7 Å². The number of hydrogen-bond donors (Lipinski definition) is 0. The lowest BCUT2D eigenvalue weighted by molar-refractivity contribution is -0.0413. The fourth-order valence-electron chi connectivity index (χ4n) is 1.22. The molecule has 70 valence electrons. The van der Waals surface area contributed by atoms with Crippen LogP contribution in [0.15, 0.2) is 6.07 Å². The molecule has 1 aromatic rings. The molecule has 0 radical (unpaired) electrons. The third-order valence-corrected chi connectivity index (χ3v) is 2.89. The standard InChI is InChI=1S/C9H6N2O2S/c10-4-6-3-7(14-8(6)5-11)9-12-1-2-13-9/h3,9H,1-2H2. The van der Waals surface area contributed by atoms with E-state index in [1.165, 1.54) is 11.3 Å². The van der Waals surface area contributed by atoms with Gasteiger partial charge in [0, 0.05) is 0 Å². The normalized spacial score (nSPS) is 16.4. The van der Waals surface area contributed by atoms with Gasteiger partial charge in [0.05, 0.1) is 23.7 Å². The van der Waals surface area contributed by atoms with Crippen LogP contribution in [0.5, 0.6) is 0 Å². The Morgan fingerprint density at radius 1 is 1.29 bits per heavy atom. The molecular weight excluding hydrogens is 200 g/mol. The molecule has 14 heavy (non-hydrogen) atoms. The summed E-state index contributed by atoms with van der Waals surface area (Å²) in [6.07, 6.45) is -0.394. The van der Waals surface area contributed by atoms with Crippen molar-refractivity contribution >= 4 is 11.3 Å². The van der Waals surface area contributed by atoms with Crippen molar-refractivity contribution in [1.29, 1.82) is 10.5 Å². The van der Waals surface area contributed by atoms with Crippen LogP contribution in [0.1, 0.15) is 21.6 Å². The first-order valence-electron chi connectivity index (χ1n) is 4.02. The number of thiophene rings is 1. The molecular formula is C9H6N2O2S. The van der Waals surface area contributed by atoms with Crippen molar-refractivity contribution in [2.24, 2.45) is 0 Å². The van der Waals surface area contributed by atoms with Gasteiger partial charge in [0.15, 0.2) is 6.29 Å². The number of nitriles is 2. The van der Waals surface area contributed by atoms with Crippen LogP contribution in [0.4, 0.5) is 0 Å². The SMILES string of the molecule is N#Cc1cc(C2OCCO2)sc1C#N.